The molecule has 2 aromatic rings. The van der Waals surface area contributed by atoms with Crippen LogP contribution in [-0.2, 0) is 9.47 Å². The number of hydrogen-bond donors (Lipinski definition) is 2. The number of nitrogen functional groups attached to an aromatic ring is 1. The lowest BCUT2D eigenvalue weighted by molar-refractivity contribution is 0.0604. The highest BCUT2D eigenvalue weighted by Gasteiger charge is 2.21. The molecule has 8 heteroatoms. The van der Waals surface area contributed by atoms with Gasteiger partial charge in [0.15, 0.2) is 0 Å². The molecule has 23 heavy (non-hydrogen) atoms. The van der Waals surface area contributed by atoms with Crippen LogP contribution >= 0.6 is 11.3 Å². The first-order chi connectivity index (χ1) is 10.6. The molecule has 0 aromatic carbocycles. The van der Waals surface area contributed by atoms with E-state index in [1.165, 1.54) is 7.11 Å². The van der Waals surface area contributed by atoms with E-state index in [2.05, 4.69) is 10.3 Å². The molecule has 0 atom stereocenters. The summed E-state index contributed by atoms with van der Waals surface area (Å²) in [6.45, 7) is 7.15. The maximum atomic E-state index is 11.8. The maximum Gasteiger partial charge on any atom is 0.413 e. The Morgan fingerprint density at radius 1 is 1.35 bits per heavy atom. The second-order valence-corrected chi connectivity index (χ2v) is 6.97. The number of carbonyl (C=O) groups excluding carboxylic acids is 2. The van der Waals surface area contributed by atoms with Crippen LogP contribution in [0.1, 0.15) is 36.0 Å². The smallest absolute Gasteiger partial charge is 0.413 e. The van der Waals surface area contributed by atoms with Crippen molar-refractivity contribution in [2.24, 2.45) is 0 Å². The quantitative estimate of drug-likeness (QED) is 0.815. The number of ether oxygens (including phenoxy) is 2. The summed E-state index contributed by atoms with van der Waals surface area (Å²) in [6, 6.07) is 1.68. The van der Waals surface area contributed by atoms with Crippen molar-refractivity contribution in [1.82, 2.24) is 4.98 Å². The number of aromatic nitrogens is 1. The SMILES string of the molecule is COC(=O)c1sc2nc(NC(=O)OC(C)(C)C)cc(C)c2c1N. The van der Waals surface area contributed by atoms with Crippen LogP contribution in [0.2, 0.25) is 0 Å². The highest BCUT2D eigenvalue weighted by molar-refractivity contribution is 7.21. The molecule has 0 radical (unpaired) electrons. The minimum atomic E-state index is -0.603. The van der Waals surface area contributed by atoms with Crippen LogP contribution in [0.25, 0.3) is 10.2 Å². The predicted octanol–water partition coefficient (Wildman–Crippen LogP) is 3.32. The van der Waals surface area contributed by atoms with Gasteiger partial charge in [0.05, 0.1) is 12.8 Å². The third-order valence-electron chi connectivity index (χ3n) is 2.90. The van der Waals surface area contributed by atoms with Crippen molar-refractivity contribution in [1.29, 1.82) is 0 Å². The number of nitrogens with one attached hydrogen (secondary N) is 1. The highest BCUT2D eigenvalue weighted by atomic mass is 32.1. The summed E-state index contributed by atoms with van der Waals surface area (Å²) in [4.78, 5) is 28.7. The average molecular weight is 337 g/mol. The number of pyridine rings is 1. The van der Waals surface area contributed by atoms with E-state index >= 15 is 0 Å². The van der Waals surface area contributed by atoms with Gasteiger partial charge in [-0.1, -0.05) is 0 Å². The molecule has 2 aromatic heterocycles. The summed E-state index contributed by atoms with van der Waals surface area (Å²) in [6.07, 6.45) is -0.596. The van der Waals surface area contributed by atoms with E-state index in [0.717, 1.165) is 16.9 Å². The number of anilines is 2. The fourth-order valence-electron chi connectivity index (χ4n) is 2.03. The van der Waals surface area contributed by atoms with Crippen LogP contribution in [0.3, 0.4) is 0 Å². The second kappa shape index (κ2) is 6.04. The molecule has 0 bridgehead atoms. The van der Waals surface area contributed by atoms with Crippen molar-refractivity contribution in [3.63, 3.8) is 0 Å². The molecular formula is C15H19N3O4S. The van der Waals surface area contributed by atoms with E-state index in [9.17, 15) is 9.59 Å². The number of thiophene rings is 1. The van der Waals surface area contributed by atoms with Crippen molar-refractivity contribution in [3.8, 4) is 0 Å². The van der Waals surface area contributed by atoms with Gasteiger partial charge in [0, 0.05) is 5.39 Å². The van der Waals surface area contributed by atoms with Crippen LogP contribution in [0.4, 0.5) is 16.3 Å². The topological polar surface area (TPSA) is 104 Å². The molecule has 1 amide bonds. The van der Waals surface area contributed by atoms with Crippen LogP contribution < -0.4 is 11.1 Å². The fraction of sp³-hybridized carbons (Fsp3) is 0.400. The summed E-state index contributed by atoms with van der Waals surface area (Å²) < 4.78 is 9.90. The van der Waals surface area contributed by atoms with E-state index in [1.807, 2.05) is 6.92 Å². The normalized spacial score (nSPS) is 11.3. The number of carbonyl (C=O) groups is 2. The van der Waals surface area contributed by atoms with Gasteiger partial charge in [-0.25, -0.2) is 14.6 Å². The lowest BCUT2D eigenvalue weighted by atomic mass is 10.1. The van der Waals surface area contributed by atoms with Gasteiger partial charge in [0.2, 0.25) is 0 Å². The Kier molecular flexibility index (Phi) is 4.46. The average Bonchev–Trinajstić information content (AvgIpc) is 2.73. The zero-order valence-electron chi connectivity index (χ0n) is 13.6. The first-order valence-electron chi connectivity index (χ1n) is 6.90. The van der Waals surface area contributed by atoms with Gasteiger partial charge in [0.25, 0.3) is 0 Å². The van der Waals surface area contributed by atoms with E-state index in [1.54, 1.807) is 26.8 Å². The van der Waals surface area contributed by atoms with Crippen LogP contribution in [0, 0.1) is 6.92 Å². The molecule has 0 aliphatic heterocycles. The number of methoxy groups -OCH3 is 1. The van der Waals surface area contributed by atoms with E-state index < -0.39 is 17.7 Å². The first-order valence-corrected chi connectivity index (χ1v) is 7.72. The number of aryl methyl sites for hydroxylation is 1. The number of rotatable bonds is 2. The number of hydrogen-bond acceptors (Lipinski definition) is 7. The van der Waals surface area contributed by atoms with Crippen LogP contribution in [-0.4, -0.2) is 29.8 Å². The molecular weight excluding hydrogens is 318 g/mol. The number of amides is 1. The lowest BCUT2D eigenvalue weighted by Crippen LogP contribution is -2.27. The van der Waals surface area contributed by atoms with Crippen molar-refractivity contribution >= 4 is 45.1 Å². The molecule has 3 N–H and O–H groups in total. The monoisotopic (exact) mass is 337 g/mol. The molecule has 7 nitrogen and oxygen atoms in total. The zero-order chi connectivity index (χ0) is 17.4. The molecule has 124 valence electrons. The predicted molar refractivity (Wildman–Crippen MR) is 90.0 cm³/mol. The van der Waals surface area contributed by atoms with E-state index in [0.29, 0.717) is 26.6 Å². The number of nitrogens with zero attached hydrogens (tertiary/aromatic N) is 1. The summed E-state index contributed by atoms with van der Waals surface area (Å²) >= 11 is 1.12. The van der Waals surface area contributed by atoms with Crippen molar-refractivity contribution in [2.75, 3.05) is 18.2 Å². The summed E-state index contributed by atoms with van der Waals surface area (Å²) in [5.41, 5.74) is 6.54. The standard InChI is InChI=1S/C15H19N3O4S/c1-7-6-8(18-14(20)22-15(2,3)4)17-12-9(7)10(16)11(23-12)13(19)21-5/h6H,16H2,1-5H3,(H,17,18,20). The Balaban J connectivity index is 2.38. The maximum absolute atomic E-state index is 11.8. The van der Waals surface area contributed by atoms with E-state index in [-0.39, 0.29) is 0 Å². The Morgan fingerprint density at radius 3 is 2.57 bits per heavy atom. The third kappa shape index (κ3) is 3.70. The van der Waals surface area contributed by atoms with Crippen LogP contribution in [0.15, 0.2) is 6.07 Å². The molecule has 0 saturated carbocycles. The Morgan fingerprint density at radius 2 is 2.00 bits per heavy atom. The summed E-state index contributed by atoms with van der Waals surface area (Å²) in [5, 5.41) is 3.27. The second-order valence-electron chi connectivity index (χ2n) is 5.97. The Labute approximate surface area is 137 Å². The zero-order valence-corrected chi connectivity index (χ0v) is 14.5. The fourth-order valence-corrected chi connectivity index (χ4v) is 3.12. The molecule has 0 fully saturated rings. The first kappa shape index (κ1) is 17.0. The lowest BCUT2D eigenvalue weighted by Gasteiger charge is -2.19. The van der Waals surface area contributed by atoms with Gasteiger partial charge in [-0.15, -0.1) is 11.3 Å². The van der Waals surface area contributed by atoms with Crippen molar-refractivity contribution in [2.45, 2.75) is 33.3 Å². The molecule has 2 rings (SSSR count). The molecule has 0 unspecified atom stereocenters. The third-order valence-corrected chi connectivity index (χ3v) is 3.98. The van der Waals surface area contributed by atoms with Gasteiger partial charge in [0.1, 0.15) is 21.1 Å². The van der Waals surface area contributed by atoms with E-state index in [4.69, 9.17) is 15.2 Å². The Bertz CT molecular complexity index is 777. The number of fused-ring (bicyclic) bond motifs is 1. The van der Waals surface area contributed by atoms with Gasteiger partial charge < -0.3 is 15.2 Å². The minimum absolute atomic E-state index is 0.299. The molecule has 0 aliphatic carbocycles. The number of nitrogens with two attached hydrogens (primary N) is 1. The highest BCUT2D eigenvalue weighted by Crippen LogP contribution is 2.36. The molecule has 2 heterocycles. The molecule has 0 aliphatic rings. The minimum Gasteiger partial charge on any atom is -0.465 e. The van der Waals surface area contributed by atoms with Crippen molar-refractivity contribution in [3.05, 3.63) is 16.5 Å². The van der Waals surface area contributed by atoms with Gasteiger partial charge in [-0.2, -0.15) is 0 Å². The van der Waals surface area contributed by atoms with Gasteiger partial charge >= 0.3 is 12.1 Å². The molecule has 0 saturated heterocycles. The Hall–Kier alpha value is -2.35. The molecule has 0 spiro atoms. The van der Waals surface area contributed by atoms with Gasteiger partial charge in [-0.05, 0) is 39.3 Å². The summed E-state index contributed by atoms with van der Waals surface area (Å²) in [7, 11) is 1.29. The van der Waals surface area contributed by atoms with Gasteiger partial charge in [-0.3, -0.25) is 5.32 Å². The van der Waals surface area contributed by atoms with Crippen LogP contribution in [0.5, 0.6) is 0 Å². The van der Waals surface area contributed by atoms with Crippen molar-refractivity contribution < 1.29 is 19.1 Å². The largest absolute Gasteiger partial charge is 0.465 e. The summed E-state index contributed by atoms with van der Waals surface area (Å²) in [5.74, 6) is -0.173. The number of esters is 1.